The lowest BCUT2D eigenvalue weighted by atomic mass is 10.3. The van der Waals surface area contributed by atoms with E-state index in [4.69, 9.17) is 4.74 Å². The van der Waals surface area contributed by atoms with Crippen LogP contribution in [0.5, 0.6) is 0 Å². The van der Waals surface area contributed by atoms with Gasteiger partial charge in [-0.2, -0.15) is 9.78 Å². The second-order valence-corrected chi connectivity index (χ2v) is 8.28. The van der Waals surface area contributed by atoms with Crippen molar-refractivity contribution in [3.05, 3.63) is 50.8 Å². The highest BCUT2D eigenvalue weighted by Gasteiger charge is 2.25. The topological polar surface area (TPSA) is 121 Å². The molecular weight excluding hydrogens is 388 g/mol. The lowest BCUT2D eigenvalue weighted by Gasteiger charge is -2.26. The number of rotatable bonds is 4. The molecular formula is C17H20N4O6S. The molecule has 2 aromatic rings. The first-order chi connectivity index (χ1) is 13.2. The standard InChI is InChI=1S/C17H20N4O6S/c1-3-20-16(23)14(15(22)19-8-10-27-11-9-19)18-21(17(20)24)12-4-6-13(7-5-12)28(2,25)26/h4-7H,3,8-11H2,1-2H3. The normalized spacial score (nSPS) is 14.9. The number of carbonyl (C=O) groups excluding carboxylic acids is 1. The first kappa shape index (κ1) is 20.0. The van der Waals surface area contributed by atoms with Gasteiger partial charge < -0.3 is 9.64 Å². The Morgan fingerprint density at radius 1 is 1.14 bits per heavy atom. The van der Waals surface area contributed by atoms with Crippen LogP contribution in [-0.4, -0.2) is 66.1 Å². The van der Waals surface area contributed by atoms with Gasteiger partial charge in [-0.25, -0.2) is 13.2 Å². The monoisotopic (exact) mass is 408 g/mol. The van der Waals surface area contributed by atoms with Crippen molar-refractivity contribution in [1.82, 2.24) is 19.2 Å². The third kappa shape index (κ3) is 3.76. The van der Waals surface area contributed by atoms with Gasteiger partial charge in [-0.1, -0.05) is 0 Å². The number of nitrogens with zero attached hydrogens (tertiary/aromatic N) is 4. The maximum absolute atomic E-state index is 12.8. The molecule has 0 bridgehead atoms. The molecule has 1 saturated heterocycles. The van der Waals surface area contributed by atoms with Crippen molar-refractivity contribution in [2.75, 3.05) is 32.6 Å². The predicted molar refractivity (Wildman–Crippen MR) is 99.6 cm³/mol. The average molecular weight is 408 g/mol. The van der Waals surface area contributed by atoms with Gasteiger partial charge in [0.05, 0.1) is 23.8 Å². The van der Waals surface area contributed by atoms with Crippen LogP contribution in [0, 0.1) is 0 Å². The Morgan fingerprint density at radius 3 is 2.29 bits per heavy atom. The summed E-state index contributed by atoms with van der Waals surface area (Å²) in [6.07, 6.45) is 1.07. The van der Waals surface area contributed by atoms with Gasteiger partial charge in [0.2, 0.25) is 5.69 Å². The molecule has 0 atom stereocenters. The molecule has 0 aliphatic carbocycles. The summed E-state index contributed by atoms with van der Waals surface area (Å²) < 4.78 is 30.3. The van der Waals surface area contributed by atoms with Gasteiger partial charge >= 0.3 is 5.69 Å². The van der Waals surface area contributed by atoms with Crippen molar-refractivity contribution in [3.63, 3.8) is 0 Å². The molecule has 0 spiro atoms. The van der Waals surface area contributed by atoms with Crippen molar-refractivity contribution in [1.29, 1.82) is 0 Å². The van der Waals surface area contributed by atoms with Gasteiger partial charge in [0, 0.05) is 25.9 Å². The van der Waals surface area contributed by atoms with E-state index in [2.05, 4.69) is 5.10 Å². The molecule has 0 radical (unpaired) electrons. The third-order valence-electron chi connectivity index (χ3n) is 4.39. The van der Waals surface area contributed by atoms with Crippen molar-refractivity contribution >= 4 is 15.7 Å². The number of sulfone groups is 1. The van der Waals surface area contributed by atoms with Crippen LogP contribution in [0.25, 0.3) is 5.69 Å². The van der Waals surface area contributed by atoms with Crippen LogP contribution in [0.4, 0.5) is 0 Å². The van der Waals surface area contributed by atoms with Gasteiger partial charge in [0.15, 0.2) is 9.84 Å². The summed E-state index contributed by atoms with van der Waals surface area (Å²) >= 11 is 0. The maximum Gasteiger partial charge on any atom is 0.352 e. The van der Waals surface area contributed by atoms with E-state index in [1.165, 1.54) is 29.2 Å². The number of morpholine rings is 1. The summed E-state index contributed by atoms with van der Waals surface area (Å²) in [6.45, 7) is 3.05. The summed E-state index contributed by atoms with van der Waals surface area (Å²) in [5.41, 5.74) is -1.59. The molecule has 0 saturated carbocycles. The van der Waals surface area contributed by atoms with Crippen molar-refractivity contribution in [3.8, 4) is 5.69 Å². The van der Waals surface area contributed by atoms with E-state index in [9.17, 15) is 22.8 Å². The second-order valence-electron chi connectivity index (χ2n) is 6.26. The van der Waals surface area contributed by atoms with Crippen LogP contribution in [-0.2, 0) is 21.1 Å². The molecule has 1 aromatic carbocycles. The highest BCUT2D eigenvalue weighted by Crippen LogP contribution is 2.12. The molecule has 1 amide bonds. The minimum atomic E-state index is -3.40. The largest absolute Gasteiger partial charge is 0.378 e. The highest BCUT2D eigenvalue weighted by atomic mass is 32.2. The average Bonchev–Trinajstić information content (AvgIpc) is 2.68. The Kier molecular flexibility index (Phi) is 5.47. The Balaban J connectivity index is 2.12. The van der Waals surface area contributed by atoms with Crippen LogP contribution in [0.3, 0.4) is 0 Å². The quantitative estimate of drug-likeness (QED) is 0.655. The van der Waals surface area contributed by atoms with E-state index in [-0.39, 0.29) is 22.8 Å². The summed E-state index contributed by atoms with van der Waals surface area (Å²) in [5.74, 6) is -0.572. The van der Waals surface area contributed by atoms with Crippen LogP contribution >= 0.6 is 0 Å². The number of aromatic nitrogens is 3. The fourth-order valence-corrected chi connectivity index (χ4v) is 3.48. The molecule has 0 N–H and O–H groups in total. The number of ether oxygens (including phenoxy) is 1. The first-order valence-corrected chi connectivity index (χ1v) is 10.5. The highest BCUT2D eigenvalue weighted by molar-refractivity contribution is 7.90. The lowest BCUT2D eigenvalue weighted by Crippen LogP contribution is -2.48. The van der Waals surface area contributed by atoms with E-state index in [1.807, 2.05) is 0 Å². The van der Waals surface area contributed by atoms with E-state index in [1.54, 1.807) is 6.92 Å². The molecule has 150 valence electrons. The van der Waals surface area contributed by atoms with Crippen LogP contribution in [0.1, 0.15) is 17.4 Å². The Labute approximate surface area is 160 Å². The fourth-order valence-electron chi connectivity index (χ4n) is 2.85. The molecule has 1 aromatic heterocycles. The second kappa shape index (κ2) is 7.68. The number of benzene rings is 1. The van der Waals surface area contributed by atoms with Gasteiger partial charge in [-0.3, -0.25) is 14.2 Å². The SMILES string of the molecule is CCn1c(=O)c(C(=O)N2CCOCC2)nn(-c2ccc(S(C)(=O)=O)cc2)c1=O. The van der Waals surface area contributed by atoms with Crippen LogP contribution in [0.2, 0.25) is 0 Å². The molecule has 1 aliphatic rings. The van der Waals surface area contributed by atoms with E-state index in [0.717, 1.165) is 15.5 Å². The zero-order chi connectivity index (χ0) is 20.5. The summed E-state index contributed by atoms with van der Waals surface area (Å²) in [7, 11) is -3.40. The molecule has 28 heavy (non-hydrogen) atoms. The molecule has 11 heteroatoms. The predicted octanol–water partition coefficient (Wildman–Crippen LogP) is -0.710. The van der Waals surface area contributed by atoms with Gasteiger partial charge in [-0.05, 0) is 31.2 Å². The Bertz CT molecular complexity index is 1110. The fraction of sp³-hybridized carbons (Fsp3) is 0.412. The summed E-state index contributed by atoms with van der Waals surface area (Å²) in [4.78, 5) is 39.6. The van der Waals surface area contributed by atoms with Crippen LogP contribution < -0.4 is 11.2 Å². The summed E-state index contributed by atoms with van der Waals surface area (Å²) in [5, 5.41) is 4.01. The molecule has 1 aliphatic heterocycles. The molecule has 0 unspecified atom stereocenters. The minimum Gasteiger partial charge on any atom is -0.378 e. The smallest absolute Gasteiger partial charge is 0.352 e. The molecule has 10 nitrogen and oxygen atoms in total. The van der Waals surface area contributed by atoms with Crippen molar-refractivity contribution in [2.45, 2.75) is 18.4 Å². The van der Waals surface area contributed by atoms with Crippen molar-refractivity contribution < 1.29 is 17.9 Å². The zero-order valence-electron chi connectivity index (χ0n) is 15.5. The zero-order valence-corrected chi connectivity index (χ0v) is 16.3. The molecule has 1 fully saturated rings. The van der Waals surface area contributed by atoms with Gasteiger partial charge in [0.25, 0.3) is 11.5 Å². The lowest BCUT2D eigenvalue weighted by molar-refractivity contribution is 0.0295. The van der Waals surface area contributed by atoms with E-state index < -0.39 is 27.0 Å². The maximum atomic E-state index is 12.8. The van der Waals surface area contributed by atoms with Crippen molar-refractivity contribution in [2.24, 2.45) is 0 Å². The number of hydrogen-bond acceptors (Lipinski definition) is 7. The third-order valence-corrected chi connectivity index (χ3v) is 5.51. The van der Waals surface area contributed by atoms with E-state index >= 15 is 0 Å². The first-order valence-electron chi connectivity index (χ1n) is 8.65. The Morgan fingerprint density at radius 2 is 1.75 bits per heavy atom. The van der Waals surface area contributed by atoms with Gasteiger partial charge in [-0.15, -0.1) is 0 Å². The molecule has 2 heterocycles. The minimum absolute atomic E-state index is 0.0605. The molecule has 3 rings (SSSR count). The number of carbonyl (C=O) groups is 1. The number of hydrogen-bond donors (Lipinski definition) is 0. The Hall–Kier alpha value is -2.79. The van der Waals surface area contributed by atoms with Crippen LogP contribution in [0.15, 0.2) is 38.8 Å². The van der Waals surface area contributed by atoms with E-state index in [0.29, 0.717) is 26.3 Å². The summed E-state index contributed by atoms with van der Waals surface area (Å²) in [6, 6.07) is 5.48. The van der Waals surface area contributed by atoms with Gasteiger partial charge in [0.1, 0.15) is 0 Å². The number of amides is 1.